The second-order valence-corrected chi connectivity index (χ2v) is 3.91. The van der Waals surface area contributed by atoms with Crippen molar-refractivity contribution in [1.82, 2.24) is 10.6 Å². The Balaban J connectivity index is 2.65. The SMILES string of the molecule is CNC(=O)NC(=O)COC(=O)c1cc(C)ccc1OC. The summed E-state index contributed by atoms with van der Waals surface area (Å²) in [4.78, 5) is 34.0. The van der Waals surface area contributed by atoms with E-state index >= 15 is 0 Å². The highest BCUT2D eigenvalue weighted by atomic mass is 16.5. The molecule has 1 rings (SSSR count). The van der Waals surface area contributed by atoms with Gasteiger partial charge in [-0.2, -0.15) is 0 Å². The number of hydrogen-bond acceptors (Lipinski definition) is 5. The van der Waals surface area contributed by atoms with Gasteiger partial charge < -0.3 is 14.8 Å². The number of imide groups is 1. The van der Waals surface area contributed by atoms with Gasteiger partial charge in [0.2, 0.25) is 0 Å². The fourth-order valence-electron chi connectivity index (χ4n) is 1.42. The molecule has 0 spiro atoms. The van der Waals surface area contributed by atoms with Gasteiger partial charge in [0, 0.05) is 7.05 Å². The number of carbonyl (C=O) groups is 3. The first-order valence-electron chi connectivity index (χ1n) is 5.81. The van der Waals surface area contributed by atoms with Crippen LogP contribution in [0.15, 0.2) is 18.2 Å². The molecule has 7 nitrogen and oxygen atoms in total. The zero-order chi connectivity index (χ0) is 15.1. The average Bonchev–Trinajstić information content (AvgIpc) is 2.44. The average molecular weight is 280 g/mol. The van der Waals surface area contributed by atoms with Gasteiger partial charge in [-0.3, -0.25) is 10.1 Å². The lowest BCUT2D eigenvalue weighted by Gasteiger charge is -2.09. The second kappa shape index (κ2) is 7.13. The third kappa shape index (κ3) is 4.27. The van der Waals surface area contributed by atoms with Crippen LogP contribution >= 0.6 is 0 Å². The highest BCUT2D eigenvalue weighted by molar-refractivity contribution is 5.97. The van der Waals surface area contributed by atoms with E-state index in [9.17, 15) is 14.4 Å². The molecule has 108 valence electrons. The van der Waals surface area contributed by atoms with Crippen LogP contribution in [-0.2, 0) is 9.53 Å². The van der Waals surface area contributed by atoms with Gasteiger partial charge in [-0.05, 0) is 19.1 Å². The molecule has 20 heavy (non-hydrogen) atoms. The van der Waals surface area contributed by atoms with Crippen LogP contribution in [0.5, 0.6) is 5.75 Å². The first-order valence-corrected chi connectivity index (χ1v) is 5.81. The number of benzene rings is 1. The van der Waals surface area contributed by atoms with E-state index in [1.54, 1.807) is 18.2 Å². The monoisotopic (exact) mass is 280 g/mol. The molecule has 0 heterocycles. The Labute approximate surface area is 116 Å². The fraction of sp³-hybridized carbons (Fsp3) is 0.308. The minimum Gasteiger partial charge on any atom is -0.496 e. The van der Waals surface area contributed by atoms with Gasteiger partial charge in [0.1, 0.15) is 11.3 Å². The molecule has 0 aliphatic heterocycles. The predicted molar refractivity (Wildman–Crippen MR) is 70.6 cm³/mol. The van der Waals surface area contributed by atoms with E-state index in [1.807, 2.05) is 12.2 Å². The molecule has 0 fully saturated rings. The van der Waals surface area contributed by atoms with Gasteiger partial charge in [-0.1, -0.05) is 11.6 Å². The number of ether oxygens (including phenoxy) is 2. The van der Waals surface area contributed by atoms with Gasteiger partial charge in [-0.25, -0.2) is 9.59 Å². The van der Waals surface area contributed by atoms with E-state index in [0.717, 1.165) is 5.56 Å². The highest BCUT2D eigenvalue weighted by Gasteiger charge is 2.16. The van der Waals surface area contributed by atoms with Crippen molar-refractivity contribution in [3.8, 4) is 5.75 Å². The molecule has 0 saturated heterocycles. The van der Waals surface area contributed by atoms with Crippen molar-refractivity contribution in [3.63, 3.8) is 0 Å². The van der Waals surface area contributed by atoms with Crippen LogP contribution in [0.25, 0.3) is 0 Å². The van der Waals surface area contributed by atoms with Crippen LogP contribution < -0.4 is 15.4 Å². The third-order valence-electron chi connectivity index (χ3n) is 2.39. The summed E-state index contributed by atoms with van der Waals surface area (Å²) in [5.74, 6) is -1.06. The zero-order valence-electron chi connectivity index (χ0n) is 11.5. The molecule has 0 saturated carbocycles. The molecule has 3 amide bonds. The molecular formula is C13H16N2O5. The number of hydrogen-bond donors (Lipinski definition) is 2. The van der Waals surface area contributed by atoms with Crippen molar-refractivity contribution in [3.05, 3.63) is 29.3 Å². The normalized spacial score (nSPS) is 9.55. The number of methoxy groups -OCH3 is 1. The fourth-order valence-corrected chi connectivity index (χ4v) is 1.42. The standard InChI is InChI=1S/C13H16N2O5/c1-8-4-5-10(19-3)9(6-8)12(17)20-7-11(16)15-13(18)14-2/h4-6H,7H2,1-3H3,(H2,14,15,16,18). The Kier molecular flexibility index (Phi) is 5.52. The summed E-state index contributed by atoms with van der Waals surface area (Å²) in [7, 11) is 2.80. The number of rotatable bonds is 4. The first-order chi connectivity index (χ1) is 9.47. The quantitative estimate of drug-likeness (QED) is 0.788. The van der Waals surface area contributed by atoms with E-state index in [1.165, 1.54) is 14.2 Å². The molecule has 0 aliphatic rings. The lowest BCUT2D eigenvalue weighted by atomic mass is 10.1. The molecule has 1 aromatic carbocycles. The summed E-state index contributed by atoms with van der Waals surface area (Å²) in [6.45, 7) is 1.26. The minimum absolute atomic E-state index is 0.222. The Hall–Kier alpha value is -2.57. The number of esters is 1. The molecule has 7 heteroatoms. The Morgan fingerprint density at radius 3 is 2.55 bits per heavy atom. The molecule has 0 bridgehead atoms. The van der Waals surface area contributed by atoms with E-state index in [2.05, 4.69) is 5.32 Å². The molecular weight excluding hydrogens is 264 g/mol. The Bertz CT molecular complexity index is 527. The van der Waals surface area contributed by atoms with Crippen molar-refractivity contribution < 1.29 is 23.9 Å². The van der Waals surface area contributed by atoms with Gasteiger partial charge >= 0.3 is 12.0 Å². The van der Waals surface area contributed by atoms with E-state index < -0.39 is 24.5 Å². The number of amides is 3. The summed E-state index contributed by atoms with van der Waals surface area (Å²) in [6.07, 6.45) is 0. The third-order valence-corrected chi connectivity index (χ3v) is 2.39. The summed E-state index contributed by atoms with van der Waals surface area (Å²) in [5.41, 5.74) is 1.08. The molecule has 2 N–H and O–H groups in total. The minimum atomic E-state index is -0.718. The zero-order valence-corrected chi connectivity index (χ0v) is 11.5. The number of nitrogens with one attached hydrogen (secondary N) is 2. The van der Waals surface area contributed by atoms with E-state index in [0.29, 0.717) is 5.75 Å². The molecule has 1 aromatic rings. The van der Waals surface area contributed by atoms with Crippen LogP contribution in [0, 0.1) is 6.92 Å². The summed E-state index contributed by atoms with van der Waals surface area (Å²) in [6, 6.07) is 4.35. The lowest BCUT2D eigenvalue weighted by molar-refractivity contribution is -0.123. The van der Waals surface area contributed by atoms with Crippen molar-refractivity contribution in [2.24, 2.45) is 0 Å². The van der Waals surface area contributed by atoms with Gasteiger partial charge in [0.25, 0.3) is 5.91 Å². The Morgan fingerprint density at radius 2 is 1.95 bits per heavy atom. The van der Waals surface area contributed by atoms with Crippen LogP contribution in [0.2, 0.25) is 0 Å². The van der Waals surface area contributed by atoms with Crippen LogP contribution in [0.1, 0.15) is 15.9 Å². The molecule has 0 radical (unpaired) electrons. The van der Waals surface area contributed by atoms with Crippen LogP contribution in [0.4, 0.5) is 4.79 Å². The van der Waals surface area contributed by atoms with Crippen LogP contribution in [-0.4, -0.2) is 38.7 Å². The summed E-state index contributed by atoms with van der Waals surface area (Å²) in [5, 5.41) is 4.19. The maximum absolute atomic E-state index is 11.9. The maximum atomic E-state index is 11.9. The molecule has 0 aliphatic carbocycles. The first kappa shape index (κ1) is 15.5. The van der Waals surface area contributed by atoms with Crippen molar-refractivity contribution >= 4 is 17.9 Å². The number of aryl methyl sites for hydroxylation is 1. The maximum Gasteiger partial charge on any atom is 0.342 e. The summed E-state index contributed by atoms with van der Waals surface area (Å²) < 4.78 is 9.87. The molecule has 0 aromatic heterocycles. The highest BCUT2D eigenvalue weighted by Crippen LogP contribution is 2.20. The van der Waals surface area contributed by atoms with Crippen molar-refractivity contribution in [2.45, 2.75) is 6.92 Å². The van der Waals surface area contributed by atoms with Crippen molar-refractivity contribution in [1.29, 1.82) is 0 Å². The predicted octanol–water partition coefficient (Wildman–Crippen LogP) is 0.616. The smallest absolute Gasteiger partial charge is 0.342 e. The largest absolute Gasteiger partial charge is 0.496 e. The lowest BCUT2D eigenvalue weighted by Crippen LogP contribution is -2.39. The summed E-state index contributed by atoms with van der Waals surface area (Å²) >= 11 is 0. The molecule has 0 unspecified atom stereocenters. The number of urea groups is 1. The Morgan fingerprint density at radius 1 is 1.25 bits per heavy atom. The number of carbonyl (C=O) groups excluding carboxylic acids is 3. The van der Waals surface area contributed by atoms with Gasteiger partial charge in [0.05, 0.1) is 7.11 Å². The van der Waals surface area contributed by atoms with Crippen LogP contribution in [0.3, 0.4) is 0 Å². The van der Waals surface area contributed by atoms with E-state index in [4.69, 9.17) is 9.47 Å². The van der Waals surface area contributed by atoms with Gasteiger partial charge in [0.15, 0.2) is 6.61 Å². The topological polar surface area (TPSA) is 93.7 Å². The van der Waals surface area contributed by atoms with E-state index in [-0.39, 0.29) is 5.56 Å². The van der Waals surface area contributed by atoms with Crippen molar-refractivity contribution in [2.75, 3.05) is 20.8 Å². The molecule has 0 atom stereocenters. The van der Waals surface area contributed by atoms with Gasteiger partial charge in [-0.15, -0.1) is 0 Å². The second-order valence-electron chi connectivity index (χ2n) is 3.91.